The average molecular weight is 224 g/mol. The van der Waals surface area contributed by atoms with Gasteiger partial charge in [0.2, 0.25) is 0 Å². The van der Waals surface area contributed by atoms with E-state index in [0.717, 1.165) is 25.2 Å². The first-order chi connectivity index (χ1) is 7.72. The Morgan fingerprint density at radius 3 is 2.75 bits per heavy atom. The molecule has 1 aromatic heterocycles. The van der Waals surface area contributed by atoms with Crippen molar-refractivity contribution in [2.75, 3.05) is 20.1 Å². The van der Waals surface area contributed by atoms with Gasteiger partial charge in [0, 0.05) is 19.6 Å². The normalized spacial score (nSPS) is 10.4. The van der Waals surface area contributed by atoms with Crippen LogP contribution in [0, 0.1) is 0 Å². The van der Waals surface area contributed by atoms with Gasteiger partial charge in [0.1, 0.15) is 5.69 Å². The standard InChI is InChI=1S/C11H20N4O/c1-4-9-8-10(15(5-2)14-9)11(16)13-7-6-12-3/h8,12H,4-7H2,1-3H3,(H,13,16). The Hall–Kier alpha value is -1.36. The van der Waals surface area contributed by atoms with Gasteiger partial charge < -0.3 is 10.6 Å². The third-order valence-corrected chi connectivity index (χ3v) is 2.39. The molecule has 5 heteroatoms. The first-order valence-corrected chi connectivity index (χ1v) is 5.72. The fourth-order valence-corrected chi connectivity index (χ4v) is 1.46. The predicted octanol–water partition coefficient (Wildman–Crippen LogP) is 0.415. The maximum Gasteiger partial charge on any atom is 0.269 e. The van der Waals surface area contributed by atoms with E-state index in [1.165, 1.54) is 0 Å². The second-order valence-electron chi connectivity index (χ2n) is 3.55. The lowest BCUT2D eigenvalue weighted by atomic mass is 10.3. The molecule has 1 heterocycles. The lowest BCUT2D eigenvalue weighted by Crippen LogP contribution is -2.31. The van der Waals surface area contributed by atoms with Gasteiger partial charge in [-0.15, -0.1) is 0 Å². The maximum absolute atomic E-state index is 11.8. The summed E-state index contributed by atoms with van der Waals surface area (Å²) in [6.45, 7) is 6.13. The summed E-state index contributed by atoms with van der Waals surface area (Å²) in [5.41, 5.74) is 1.61. The molecular weight excluding hydrogens is 204 g/mol. The van der Waals surface area contributed by atoms with Crippen molar-refractivity contribution >= 4 is 5.91 Å². The molecule has 5 nitrogen and oxygen atoms in total. The van der Waals surface area contributed by atoms with Crippen molar-refractivity contribution in [3.63, 3.8) is 0 Å². The molecule has 1 aromatic rings. The van der Waals surface area contributed by atoms with Gasteiger partial charge in [-0.3, -0.25) is 9.48 Å². The lowest BCUT2D eigenvalue weighted by Gasteiger charge is -2.05. The predicted molar refractivity (Wildman–Crippen MR) is 63.5 cm³/mol. The van der Waals surface area contributed by atoms with E-state index < -0.39 is 0 Å². The zero-order valence-corrected chi connectivity index (χ0v) is 10.2. The van der Waals surface area contributed by atoms with Crippen LogP contribution in [0.25, 0.3) is 0 Å². The van der Waals surface area contributed by atoms with Crippen LogP contribution in [0.2, 0.25) is 0 Å². The van der Waals surface area contributed by atoms with Gasteiger partial charge in [-0.1, -0.05) is 6.92 Å². The van der Waals surface area contributed by atoms with Gasteiger partial charge in [0.15, 0.2) is 0 Å². The van der Waals surface area contributed by atoms with Crippen LogP contribution in [0.5, 0.6) is 0 Å². The second-order valence-corrected chi connectivity index (χ2v) is 3.55. The van der Waals surface area contributed by atoms with Gasteiger partial charge in [-0.25, -0.2) is 0 Å². The fraction of sp³-hybridized carbons (Fsp3) is 0.636. The van der Waals surface area contributed by atoms with Crippen LogP contribution in [0.3, 0.4) is 0 Å². The highest BCUT2D eigenvalue weighted by Crippen LogP contribution is 2.05. The number of amides is 1. The van der Waals surface area contributed by atoms with Gasteiger partial charge in [0.25, 0.3) is 5.91 Å². The number of likely N-dealkylation sites (N-methyl/N-ethyl adjacent to an activating group) is 1. The largest absolute Gasteiger partial charge is 0.349 e. The number of hydrogen-bond donors (Lipinski definition) is 2. The topological polar surface area (TPSA) is 59.0 Å². The molecule has 16 heavy (non-hydrogen) atoms. The van der Waals surface area contributed by atoms with Crippen molar-refractivity contribution in [3.8, 4) is 0 Å². The molecule has 0 aliphatic carbocycles. The van der Waals surface area contributed by atoms with Crippen LogP contribution in [0.15, 0.2) is 6.07 Å². The summed E-state index contributed by atoms with van der Waals surface area (Å²) in [4.78, 5) is 11.8. The monoisotopic (exact) mass is 224 g/mol. The first-order valence-electron chi connectivity index (χ1n) is 5.72. The van der Waals surface area contributed by atoms with Gasteiger partial charge in [0.05, 0.1) is 5.69 Å². The Morgan fingerprint density at radius 2 is 2.19 bits per heavy atom. The molecule has 1 rings (SSSR count). The van der Waals surface area contributed by atoms with E-state index in [-0.39, 0.29) is 5.91 Å². The molecule has 0 aromatic carbocycles. The Balaban J connectivity index is 2.69. The molecule has 0 bridgehead atoms. The van der Waals surface area contributed by atoms with E-state index >= 15 is 0 Å². The molecule has 0 spiro atoms. The third-order valence-electron chi connectivity index (χ3n) is 2.39. The quantitative estimate of drug-likeness (QED) is 0.688. The number of carbonyl (C=O) groups excluding carboxylic acids is 1. The molecule has 0 saturated heterocycles. The van der Waals surface area contributed by atoms with Gasteiger partial charge in [-0.2, -0.15) is 5.10 Å². The molecular formula is C11H20N4O. The van der Waals surface area contributed by atoms with Crippen molar-refractivity contribution < 1.29 is 4.79 Å². The molecule has 0 unspecified atom stereocenters. The van der Waals surface area contributed by atoms with E-state index in [1.54, 1.807) is 4.68 Å². The smallest absolute Gasteiger partial charge is 0.269 e. The van der Waals surface area contributed by atoms with Crippen LogP contribution in [-0.2, 0) is 13.0 Å². The molecule has 0 saturated carbocycles. The van der Waals surface area contributed by atoms with E-state index in [0.29, 0.717) is 12.2 Å². The first kappa shape index (κ1) is 12.7. The minimum Gasteiger partial charge on any atom is -0.349 e. The molecule has 0 radical (unpaired) electrons. The number of nitrogens with zero attached hydrogens (tertiary/aromatic N) is 2. The van der Waals surface area contributed by atoms with E-state index in [9.17, 15) is 4.79 Å². The molecule has 0 fully saturated rings. The van der Waals surface area contributed by atoms with E-state index in [2.05, 4.69) is 15.7 Å². The van der Waals surface area contributed by atoms with Crippen molar-refractivity contribution in [2.24, 2.45) is 0 Å². The lowest BCUT2D eigenvalue weighted by molar-refractivity contribution is 0.0943. The molecule has 0 aliphatic rings. The summed E-state index contributed by atoms with van der Waals surface area (Å²) in [7, 11) is 1.86. The zero-order chi connectivity index (χ0) is 12.0. The summed E-state index contributed by atoms with van der Waals surface area (Å²) in [5, 5.41) is 10.2. The van der Waals surface area contributed by atoms with Crippen molar-refractivity contribution in [1.29, 1.82) is 0 Å². The summed E-state index contributed by atoms with van der Waals surface area (Å²) in [6.07, 6.45) is 0.851. The SMILES string of the molecule is CCc1cc(C(=O)NCCNC)n(CC)n1. The fourth-order valence-electron chi connectivity index (χ4n) is 1.46. The van der Waals surface area contributed by atoms with Gasteiger partial charge in [-0.05, 0) is 26.5 Å². The highest BCUT2D eigenvalue weighted by molar-refractivity contribution is 5.92. The van der Waals surface area contributed by atoms with Crippen LogP contribution in [0.1, 0.15) is 30.0 Å². The second kappa shape index (κ2) is 6.27. The average Bonchev–Trinajstić information content (AvgIpc) is 2.72. The van der Waals surface area contributed by atoms with Crippen LogP contribution in [0.4, 0.5) is 0 Å². The minimum absolute atomic E-state index is 0.0516. The van der Waals surface area contributed by atoms with Crippen molar-refractivity contribution in [2.45, 2.75) is 26.8 Å². The third kappa shape index (κ3) is 3.06. The summed E-state index contributed by atoms with van der Waals surface area (Å²) >= 11 is 0. The summed E-state index contributed by atoms with van der Waals surface area (Å²) in [6, 6.07) is 1.86. The van der Waals surface area contributed by atoms with Crippen molar-refractivity contribution in [3.05, 3.63) is 17.5 Å². The number of nitrogens with one attached hydrogen (secondary N) is 2. The van der Waals surface area contributed by atoms with Crippen LogP contribution >= 0.6 is 0 Å². The zero-order valence-electron chi connectivity index (χ0n) is 10.2. The number of carbonyl (C=O) groups is 1. The van der Waals surface area contributed by atoms with Crippen LogP contribution < -0.4 is 10.6 Å². The summed E-state index contributed by atoms with van der Waals surface area (Å²) < 4.78 is 1.74. The Kier molecular flexibility index (Phi) is 4.98. The maximum atomic E-state index is 11.8. The van der Waals surface area contributed by atoms with E-state index in [1.807, 2.05) is 27.0 Å². The van der Waals surface area contributed by atoms with Crippen LogP contribution in [-0.4, -0.2) is 35.8 Å². The van der Waals surface area contributed by atoms with Crippen molar-refractivity contribution in [1.82, 2.24) is 20.4 Å². The molecule has 90 valence electrons. The Morgan fingerprint density at radius 1 is 1.44 bits per heavy atom. The Labute approximate surface area is 96.2 Å². The number of hydrogen-bond acceptors (Lipinski definition) is 3. The molecule has 0 aliphatic heterocycles. The number of aryl methyl sites for hydroxylation is 2. The molecule has 1 amide bonds. The van der Waals surface area contributed by atoms with E-state index in [4.69, 9.17) is 0 Å². The minimum atomic E-state index is -0.0516. The Bertz CT molecular complexity index is 346. The van der Waals surface area contributed by atoms with Gasteiger partial charge >= 0.3 is 0 Å². The highest BCUT2D eigenvalue weighted by atomic mass is 16.2. The highest BCUT2D eigenvalue weighted by Gasteiger charge is 2.12. The molecule has 0 atom stereocenters. The molecule has 2 N–H and O–H groups in total. The summed E-state index contributed by atoms with van der Waals surface area (Å²) in [5.74, 6) is -0.0516. The number of aromatic nitrogens is 2. The number of rotatable bonds is 6.